The fraction of sp³-hybridized carbons (Fsp3) is 0.348. The number of ketones is 2. The largest absolute Gasteiger partial charge is 0.327 e. The first-order valence-corrected chi connectivity index (χ1v) is 9.57. The van der Waals surface area contributed by atoms with Crippen LogP contribution in [0.1, 0.15) is 33.1 Å². The standard InChI is InChI=1S/C23H25FN2O3/c1-14-5-6-15(2)18(13-14)21(27)19-20(16-7-9-17(24)10-8-16)26(12-11-25(3)4)23(29)22(19)28/h5-10,13,19-20H,11-12H2,1-4H3. The van der Waals surface area contributed by atoms with Crippen LogP contribution in [0.3, 0.4) is 0 Å². The number of hydrogen-bond donors (Lipinski definition) is 0. The molecule has 1 aliphatic rings. The summed E-state index contributed by atoms with van der Waals surface area (Å²) in [5.74, 6) is -3.29. The molecule has 2 unspecified atom stereocenters. The maximum atomic E-state index is 13.5. The lowest BCUT2D eigenvalue weighted by Gasteiger charge is -2.28. The molecule has 3 rings (SSSR count). The molecule has 6 heteroatoms. The fourth-order valence-corrected chi connectivity index (χ4v) is 3.74. The number of Topliss-reactive ketones (excluding diaryl/α,β-unsaturated/α-hetero) is 2. The molecule has 2 aromatic rings. The zero-order valence-corrected chi connectivity index (χ0v) is 17.1. The Bertz CT molecular complexity index is 953. The van der Waals surface area contributed by atoms with Gasteiger partial charge in [0.15, 0.2) is 5.78 Å². The molecule has 0 radical (unpaired) electrons. The monoisotopic (exact) mass is 396 g/mol. The number of rotatable bonds is 6. The van der Waals surface area contributed by atoms with Gasteiger partial charge in [0, 0.05) is 18.7 Å². The lowest BCUT2D eigenvalue weighted by molar-refractivity contribution is -0.140. The smallest absolute Gasteiger partial charge is 0.291 e. The molecule has 0 saturated carbocycles. The van der Waals surface area contributed by atoms with Crippen molar-refractivity contribution in [2.75, 3.05) is 27.2 Å². The zero-order valence-electron chi connectivity index (χ0n) is 17.1. The van der Waals surface area contributed by atoms with Crippen LogP contribution in [0.2, 0.25) is 0 Å². The van der Waals surface area contributed by atoms with Crippen LogP contribution in [0.5, 0.6) is 0 Å². The highest BCUT2D eigenvalue weighted by molar-refractivity contribution is 6.44. The van der Waals surface area contributed by atoms with Gasteiger partial charge >= 0.3 is 0 Å². The Morgan fingerprint density at radius 1 is 1.07 bits per heavy atom. The van der Waals surface area contributed by atoms with E-state index in [4.69, 9.17) is 0 Å². The summed E-state index contributed by atoms with van der Waals surface area (Å²) in [6.07, 6.45) is 0. The van der Waals surface area contributed by atoms with Gasteiger partial charge in [-0.3, -0.25) is 14.4 Å². The van der Waals surface area contributed by atoms with Crippen LogP contribution in [-0.4, -0.2) is 54.5 Å². The number of halogens is 1. The van der Waals surface area contributed by atoms with Crippen LogP contribution in [-0.2, 0) is 9.59 Å². The summed E-state index contributed by atoms with van der Waals surface area (Å²) in [6.45, 7) is 4.53. The second-order valence-corrected chi connectivity index (χ2v) is 7.82. The molecule has 2 aromatic carbocycles. The Morgan fingerprint density at radius 2 is 1.72 bits per heavy atom. The zero-order chi connectivity index (χ0) is 21.3. The Kier molecular flexibility index (Phi) is 5.94. The number of aryl methyl sites for hydroxylation is 2. The Morgan fingerprint density at radius 3 is 2.34 bits per heavy atom. The summed E-state index contributed by atoms with van der Waals surface area (Å²) in [5, 5.41) is 0. The number of carbonyl (C=O) groups is 3. The Balaban J connectivity index is 2.07. The first kappa shape index (κ1) is 20.9. The van der Waals surface area contributed by atoms with Crippen molar-refractivity contribution in [3.63, 3.8) is 0 Å². The number of benzene rings is 2. The summed E-state index contributed by atoms with van der Waals surface area (Å²) in [5.41, 5.74) is 2.68. The minimum absolute atomic E-state index is 0.302. The predicted octanol–water partition coefficient (Wildman–Crippen LogP) is 2.96. The SMILES string of the molecule is Cc1ccc(C)c(C(=O)C2C(=O)C(=O)N(CCN(C)C)C2c2ccc(F)cc2)c1. The maximum Gasteiger partial charge on any atom is 0.291 e. The molecule has 0 aliphatic carbocycles. The van der Waals surface area contributed by atoms with Crippen molar-refractivity contribution in [1.29, 1.82) is 0 Å². The minimum Gasteiger partial charge on any atom is -0.327 e. The van der Waals surface area contributed by atoms with E-state index >= 15 is 0 Å². The first-order valence-electron chi connectivity index (χ1n) is 9.57. The number of likely N-dealkylation sites (N-methyl/N-ethyl adjacent to an activating group) is 1. The van der Waals surface area contributed by atoms with Crippen LogP contribution in [0.15, 0.2) is 42.5 Å². The van der Waals surface area contributed by atoms with Crippen LogP contribution >= 0.6 is 0 Å². The second kappa shape index (κ2) is 8.25. The molecule has 1 amide bonds. The van der Waals surface area contributed by atoms with Crippen LogP contribution in [0.25, 0.3) is 0 Å². The van der Waals surface area contributed by atoms with Crippen molar-refractivity contribution in [2.45, 2.75) is 19.9 Å². The Hall–Kier alpha value is -2.86. The minimum atomic E-state index is -1.14. The van der Waals surface area contributed by atoms with E-state index in [2.05, 4.69) is 0 Å². The summed E-state index contributed by atoms with van der Waals surface area (Å²) in [6, 6.07) is 10.4. The summed E-state index contributed by atoms with van der Waals surface area (Å²) < 4.78 is 13.5. The molecule has 0 N–H and O–H groups in total. The lowest BCUT2D eigenvalue weighted by atomic mass is 9.84. The van der Waals surface area contributed by atoms with E-state index in [1.165, 1.54) is 29.2 Å². The average Bonchev–Trinajstić information content (AvgIpc) is 2.93. The van der Waals surface area contributed by atoms with E-state index in [0.29, 0.717) is 24.2 Å². The highest BCUT2D eigenvalue weighted by Crippen LogP contribution is 2.38. The highest BCUT2D eigenvalue weighted by Gasteiger charge is 2.51. The number of hydrogen-bond acceptors (Lipinski definition) is 4. The molecular weight excluding hydrogens is 371 g/mol. The third kappa shape index (κ3) is 4.12. The van der Waals surface area contributed by atoms with Crippen molar-refractivity contribution in [1.82, 2.24) is 9.80 Å². The van der Waals surface area contributed by atoms with Gasteiger partial charge in [-0.1, -0.05) is 29.8 Å². The van der Waals surface area contributed by atoms with E-state index < -0.39 is 29.5 Å². The first-order chi connectivity index (χ1) is 13.7. The number of carbonyl (C=O) groups excluding carboxylic acids is 3. The maximum absolute atomic E-state index is 13.5. The normalized spacial score (nSPS) is 19.3. The van der Waals surface area contributed by atoms with Gasteiger partial charge in [-0.25, -0.2) is 4.39 Å². The molecule has 29 heavy (non-hydrogen) atoms. The predicted molar refractivity (Wildman–Crippen MR) is 108 cm³/mol. The van der Waals surface area contributed by atoms with Gasteiger partial charge in [-0.2, -0.15) is 0 Å². The van der Waals surface area contributed by atoms with Crippen molar-refractivity contribution in [2.24, 2.45) is 5.92 Å². The molecule has 1 saturated heterocycles. The third-order valence-electron chi connectivity index (χ3n) is 5.35. The van der Waals surface area contributed by atoms with Gasteiger partial charge in [-0.05, 0) is 57.3 Å². The lowest BCUT2D eigenvalue weighted by Crippen LogP contribution is -2.36. The van der Waals surface area contributed by atoms with Gasteiger partial charge in [0.1, 0.15) is 11.7 Å². The quantitative estimate of drug-likeness (QED) is 0.428. The topological polar surface area (TPSA) is 57.7 Å². The molecule has 0 spiro atoms. The van der Waals surface area contributed by atoms with Crippen LogP contribution in [0.4, 0.5) is 4.39 Å². The van der Waals surface area contributed by atoms with Gasteiger partial charge in [0.2, 0.25) is 5.78 Å². The van der Waals surface area contributed by atoms with Crippen molar-refractivity contribution >= 4 is 17.5 Å². The van der Waals surface area contributed by atoms with Gasteiger partial charge < -0.3 is 9.80 Å². The van der Waals surface area contributed by atoms with Gasteiger partial charge in [0.05, 0.1) is 6.04 Å². The molecule has 0 aromatic heterocycles. The fourth-order valence-electron chi connectivity index (χ4n) is 3.74. The third-order valence-corrected chi connectivity index (χ3v) is 5.35. The second-order valence-electron chi connectivity index (χ2n) is 7.82. The Labute approximate surface area is 170 Å². The van der Waals surface area contributed by atoms with Crippen molar-refractivity contribution in [3.8, 4) is 0 Å². The van der Waals surface area contributed by atoms with Crippen LogP contribution in [0, 0.1) is 25.6 Å². The van der Waals surface area contributed by atoms with Crippen LogP contribution < -0.4 is 0 Å². The highest BCUT2D eigenvalue weighted by atomic mass is 19.1. The number of amides is 1. The van der Waals surface area contributed by atoms with E-state index in [9.17, 15) is 18.8 Å². The van der Waals surface area contributed by atoms with Crippen molar-refractivity contribution in [3.05, 3.63) is 70.5 Å². The van der Waals surface area contributed by atoms with Gasteiger partial charge in [-0.15, -0.1) is 0 Å². The molecule has 2 atom stereocenters. The average molecular weight is 396 g/mol. The van der Waals surface area contributed by atoms with E-state index in [1.54, 1.807) is 6.07 Å². The number of nitrogens with zero attached hydrogens (tertiary/aromatic N) is 2. The molecule has 1 aliphatic heterocycles. The van der Waals surface area contributed by atoms with E-state index in [1.807, 2.05) is 45.0 Å². The molecule has 5 nitrogen and oxygen atoms in total. The molecule has 1 fully saturated rings. The van der Waals surface area contributed by atoms with Gasteiger partial charge in [0.25, 0.3) is 5.91 Å². The molecule has 0 bridgehead atoms. The summed E-state index contributed by atoms with van der Waals surface area (Å²) in [4.78, 5) is 42.5. The summed E-state index contributed by atoms with van der Waals surface area (Å²) in [7, 11) is 3.74. The van der Waals surface area contributed by atoms with E-state index in [-0.39, 0.29) is 5.78 Å². The molecule has 152 valence electrons. The number of likely N-dealkylation sites (tertiary alicyclic amines) is 1. The van der Waals surface area contributed by atoms with E-state index in [0.717, 1.165) is 11.1 Å². The summed E-state index contributed by atoms with van der Waals surface area (Å²) >= 11 is 0. The molecular formula is C23H25FN2O3. The van der Waals surface area contributed by atoms with Crippen molar-refractivity contribution < 1.29 is 18.8 Å². The molecule has 1 heterocycles.